The lowest BCUT2D eigenvalue weighted by Gasteiger charge is -2.23. The van der Waals surface area contributed by atoms with Crippen LogP contribution in [0.15, 0.2) is 18.2 Å². The molecule has 1 unspecified atom stereocenters. The maximum atomic E-state index is 12.6. The van der Waals surface area contributed by atoms with Crippen LogP contribution in [-0.4, -0.2) is 35.0 Å². The van der Waals surface area contributed by atoms with Gasteiger partial charge >= 0.3 is 5.97 Å². The molecular weight excluding hydrogens is 254 g/mol. The molecule has 0 aliphatic carbocycles. The Morgan fingerprint density at radius 3 is 2.60 bits per heavy atom. The second kappa shape index (κ2) is 5.27. The summed E-state index contributed by atoms with van der Waals surface area (Å²) >= 11 is 0. The van der Waals surface area contributed by atoms with Crippen LogP contribution in [0, 0.1) is 19.3 Å². The lowest BCUT2D eigenvalue weighted by molar-refractivity contribution is -0.148. The number of carbonyl (C=O) groups excluding carboxylic acids is 1. The summed E-state index contributed by atoms with van der Waals surface area (Å²) < 4.78 is 0. The molecule has 1 N–H and O–H groups in total. The largest absolute Gasteiger partial charge is 0.481 e. The van der Waals surface area contributed by atoms with Gasteiger partial charge in [0.15, 0.2) is 0 Å². The van der Waals surface area contributed by atoms with Crippen LogP contribution in [0.3, 0.4) is 0 Å². The fraction of sp³-hybridized carbons (Fsp3) is 0.500. The number of hydrogen-bond acceptors (Lipinski definition) is 2. The van der Waals surface area contributed by atoms with Gasteiger partial charge in [-0.3, -0.25) is 9.59 Å². The smallest absolute Gasteiger partial charge is 0.311 e. The molecule has 1 fully saturated rings. The van der Waals surface area contributed by atoms with Crippen LogP contribution in [0.25, 0.3) is 0 Å². The van der Waals surface area contributed by atoms with E-state index < -0.39 is 11.4 Å². The molecule has 1 aromatic carbocycles. The highest BCUT2D eigenvalue weighted by Gasteiger charge is 2.44. The van der Waals surface area contributed by atoms with Crippen LogP contribution in [-0.2, 0) is 4.79 Å². The Hall–Kier alpha value is -1.84. The van der Waals surface area contributed by atoms with Gasteiger partial charge in [0.25, 0.3) is 5.91 Å². The Labute approximate surface area is 119 Å². The number of aliphatic carboxylic acids is 1. The summed E-state index contributed by atoms with van der Waals surface area (Å²) in [5.41, 5.74) is 1.89. The number of benzene rings is 1. The first-order valence-corrected chi connectivity index (χ1v) is 6.99. The number of nitrogens with zero attached hydrogens (tertiary/aromatic N) is 1. The molecule has 1 heterocycles. The molecule has 1 saturated heterocycles. The SMILES string of the molecule is CCC1(C(=O)O)CCN(C(=O)c2cc(C)ccc2C)C1. The van der Waals surface area contributed by atoms with Crippen LogP contribution in [0.2, 0.25) is 0 Å². The monoisotopic (exact) mass is 275 g/mol. The van der Waals surface area contributed by atoms with E-state index in [1.165, 1.54) is 0 Å². The fourth-order valence-corrected chi connectivity index (χ4v) is 2.80. The topological polar surface area (TPSA) is 57.6 Å². The Morgan fingerprint density at radius 1 is 1.35 bits per heavy atom. The van der Waals surface area contributed by atoms with E-state index in [2.05, 4.69) is 0 Å². The van der Waals surface area contributed by atoms with Crippen LogP contribution in [0.1, 0.15) is 41.3 Å². The first-order valence-electron chi connectivity index (χ1n) is 6.99. The molecule has 0 radical (unpaired) electrons. The van der Waals surface area contributed by atoms with Crippen molar-refractivity contribution in [3.63, 3.8) is 0 Å². The zero-order valence-electron chi connectivity index (χ0n) is 12.3. The summed E-state index contributed by atoms with van der Waals surface area (Å²) in [6.07, 6.45) is 1.09. The summed E-state index contributed by atoms with van der Waals surface area (Å²) in [4.78, 5) is 25.7. The molecule has 4 nitrogen and oxygen atoms in total. The third kappa shape index (κ3) is 2.42. The molecule has 4 heteroatoms. The zero-order valence-corrected chi connectivity index (χ0v) is 12.3. The summed E-state index contributed by atoms with van der Waals surface area (Å²) in [6, 6.07) is 5.79. The first-order chi connectivity index (χ1) is 9.39. The molecule has 0 bridgehead atoms. The van der Waals surface area contributed by atoms with E-state index in [0.29, 0.717) is 31.5 Å². The maximum Gasteiger partial charge on any atom is 0.311 e. The number of carboxylic acids is 1. The predicted octanol–water partition coefficient (Wildman–Crippen LogP) is 2.63. The Kier molecular flexibility index (Phi) is 3.84. The molecular formula is C16H21NO3. The molecule has 2 rings (SSSR count). The molecule has 20 heavy (non-hydrogen) atoms. The van der Waals surface area contributed by atoms with E-state index in [4.69, 9.17) is 0 Å². The highest BCUT2D eigenvalue weighted by molar-refractivity contribution is 5.96. The number of rotatable bonds is 3. The Bertz CT molecular complexity index is 553. The van der Waals surface area contributed by atoms with Crippen molar-refractivity contribution in [2.24, 2.45) is 5.41 Å². The van der Waals surface area contributed by atoms with Crippen molar-refractivity contribution in [3.05, 3.63) is 34.9 Å². The second-order valence-electron chi connectivity index (χ2n) is 5.73. The Balaban J connectivity index is 2.24. The van der Waals surface area contributed by atoms with Crippen molar-refractivity contribution >= 4 is 11.9 Å². The van der Waals surface area contributed by atoms with E-state index in [1.807, 2.05) is 39.0 Å². The zero-order chi connectivity index (χ0) is 14.9. The minimum absolute atomic E-state index is 0.0530. The molecule has 1 aromatic rings. The van der Waals surface area contributed by atoms with Crippen molar-refractivity contribution in [1.82, 2.24) is 4.90 Å². The van der Waals surface area contributed by atoms with Gasteiger partial charge in [0, 0.05) is 18.7 Å². The van der Waals surface area contributed by atoms with Gasteiger partial charge in [-0.1, -0.05) is 24.6 Å². The standard InChI is InChI=1S/C16H21NO3/c1-4-16(15(19)20)7-8-17(10-16)14(18)13-9-11(2)5-6-12(13)3/h5-6,9H,4,7-8,10H2,1-3H3,(H,19,20). The lowest BCUT2D eigenvalue weighted by Crippen LogP contribution is -2.36. The quantitative estimate of drug-likeness (QED) is 0.922. The van der Waals surface area contributed by atoms with Gasteiger partial charge in [0.05, 0.1) is 5.41 Å². The molecule has 0 spiro atoms. The lowest BCUT2D eigenvalue weighted by atomic mass is 9.84. The summed E-state index contributed by atoms with van der Waals surface area (Å²) in [5.74, 6) is -0.848. The van der Waals surface area contributed by atoms with Crippen LogP contribution in [0.5, 0.6) is 0 Å². The van der Waals surface area contributed by atoms with Gasteiger partial charge in [0.1, 0.15) is 0 Å². The van der Waals surface area contributed by atoms with Crippen LogP contribution < -0.4 is 0 Å². The average Bonchev–Trinajstić information content (AvgIpc) is 2.86. The van der Waals surface area contributed by atoms with Crippen molar-refractivity contribution in [2.45, 2.75) is 33.6 Å². The van der Waals surface area contributed by atoms with Gasteiger partial charge in [-0.15, -0.1) is 0 Å². The highest BCUT2D eigenvalue weighted by Crippen LogP contribution is 2.35. The minimum atomic E-state index is -0.795. The van der Waals surface area contributed by atoms with Crippen LogP contribution in [0.4, 0.5) is 0 Å². The number of carboxylic acid groups (broad SMARTS) is 1. The van der Waals surface area contributed by atoms with Crippen LogP contribution >= 0.6 is 0 Å². The molecule has 0 aromatic heterocycles. The van der Waals surface area contributed by atoms with E-state index >= 15 is 0 Å². The molecule has 108 valence electrons. The summed E-state index contributed by atoms with van der Waals surface area (Å²) in [5, 5.41) is 9.39. The van der Waals surface area contributed by atoms with Crippen molar-refractivity contribution in [3.8, 4) is 0 Å². The summed E-state index contributed by atoms with van der Waals surface area (Å²) in [6.45, 7) is 6.57. The first kappa shape index (κ1) is 14.6. The van der Waals surface area contributed by atoms with E-state index in [1.54, 1.807) is 4.90 Å². The third-order valence-electron chi connectivity index (χ3n) is 4.39. The minimum Gasteiger partial charge on any atom is -0.481 e. The summed E-state index contributed by atoms with van der Waals surface area (Å²) in [7, 11) is 0. The maximum absolute atomic E-state index is 12.6. The fourth-order valence-electron chi connectivity index (χ4n) is 2.80. The second-order valence-corrected chi connectivity index (χ2v) is 5.73. The van der Waals surface area contributed by atoms with E-state index in [0.717, 1.165) is 11.1 Å². The number of likely N-dealkylation sites (tertiary alicyclic amines) is 1. The molecule has 1 aliphatic rings. The third-order valence-corrected chi connectivity index (χ3v) is 4.39. The number of hydrogen-bond donors (Lipinski definition) is 1. The van der Waals surface area contributed by atoms with Gasteiger partial charge in [0.2, 0.25) is 0 Å². The van der Waals surface area contributed by atoms with Gasteiger partial charge < -0.3 is 10.0 Å². The molecule has 1 amide bonds. The normalized spacial score (nSPS) is 22.1. The van der Waals surface area contributed by atoms with Crippen molar-refractivity contribution in [2.75, 3.05) is 13.1 Å². The van der Waals surface area contributed by atoms with E-state index in [-0.39, 0.29) is 5.91 Å². The number of carbonyl (C=O) groups is 2. The van der Waals surface area contributed by atoms with E-state index in [9.17, 15) is 14.7 Å². The predicted molar refractivity (Wildman–Crippen MR) is 76.8 cm³/mol. The van der Waals surface area contributed by atoms with Gasteiger partial charge in [-0.25, -0.2) is 0 Å². The number of amides is 1. The number of aryl methyl sites for hydroxylation is 2. The molecule has 1 atom stereocenters. The Morgan fingerprint density at radius 2 is 2.05 bits per heavy atom. The molecule has 0 saturated carbocycles. The van der Waals surface area contributed by atoms with Crippen molar-refractivity contribution < 1.29 is 14.7 Å². The molecule has 1 aliphatic heterocycles. The highest BCUT2D eigenvalue weighted by atomic mass is 16.4. The average molecular weight is 275 g/mol. The van der Waals surface area contributed by atoms with Gasteiger partial charge in [-0.05, 0) is 38.3 Å². The van der Waals surface area contributed by atoms with Gasteiger partial charge in [-0.2, -0.15) is 0 Å². The van der Waals surface area contributed by atoms with Crippen molar-refractivity contribution in [1.29, 1.82) is 0 Å².